The van der Waals surface area contributed by atoms with Gasteiger partial charge in [0.2, 0.25) is 5.91 Å². The van der Waals surface area contributed by atoms with Gasteiger partial charge in [0.1, 0.15) is 6.04 Å². The first-order valence-electron chi connectivity index (χ1n) is 14.9. The van der Waals surface area contributed by atoms with Gasteiger partial charge in [-0.1, -0.05) is 32.0 Å². The van der Waals surface area contributed by atoms with Crippen LogP contribution in [0.3, 0.4) is 0 Å². The van der Waals surface area contributed by atoms with Crippen molar-refractivity contribution in [2.75, 3.05) is 19.3 Å². The first kappa shape index (κ1) is 33.0. The predicted octanol–water partition coefficient (Wildman–Crippen LogP) is 5.51. The van der Waals surface area contributed by atoms with Gasteiger partial charge in [0, 0.05) is 30.2 Å². The van der Waals surface area contributed by atoms with Gasteiger partial charge in [-0.3, -0.25) is 9.59 Å². The average molecular weight is 622 g/mol. The zero-order chi connectivity index (χ0) is 31.7. The van der Waals surface area contributed by atoms with E-state index in [1.807, 2.05) is 33.0 Å². The monoisotopic (exact) mass is 621 g/mol. The summed E-state index contributed by atoms with van der Waals surface area (Å²) in [6.45, 7) is 8.61. The van der Waals surface area contributed by atoms with E-state index in [1.165, 1.54) is 6.07 Å². The fourth-order valence-corrected chi connectivity index (χ4v) is 7.95. The van der Waals surface area contributed by atoms with Crippen molar-refractivity contribution < 1.29 is 31.2 Å². The number of carbonyl (C=O) groups excluding carboxylic acids is 2. The standard InChI is InChI=1S/C32H42F3N3O4S/c1-20(2)22-9-12-27(13-10-22)43(41,42)19-24-18-26(37(5)21(3)4)11-14-29(24)38-16-15-28(31(38)40)36-30(39)23-7-6-8-25(17-23)32(33,34)35/h6-10,12-13,17,20-21,24,26,28-29H,11,14-16,18-19H2,1-5H3,(H,36,39)/t24-,26+,28-,29-/m0/s1. The maximum atomic E-state index is 13.6. The molecule has 11 heteroatoms. The van der Waals surface area contributed by atoms with E-state index in [0.717, 1.165) is 30.2 Å². The lowest BCUT2D eigenvalue weighted by atomic mass is 9.81. The maximum Gasteiger partial charge on any atom is 0.416 e. The fraction of sp³-hybridized carbons (Fsp3) is 0.562. The molecule has 2 fully saturated rings. The molecule has 1 saturated carbocycles. The average Bonchev–Trinajstić information content (AvgIpc) is 3.31. The molecule has 1 aliphatic heterocycles. The highest BCUT2D eigenvalue weighted by Crippen LogP contribution is 2.36. The number of carbonyl (C=O) groups is 2. The summed E-state index contributed by atoms with van der Waals surface area (Å²) in [4.78, 5) is 30.6. The third-order valence-electron chi connectivity index (χ3n) is 9.04. The Labute approximate surface area is 252 Å². The number of rotatable bonds is 9. The van der Waals surface area contributed by atoms with Gasteiger partial charge in [-0.25, -0.2) is 8.42 Å². The fourth-order valence-electron chi connectivity index (χ4n) is 6.29. The molecule has 0 spiro atoms. The van der Waals surface area contributed by atoms with E-state index in [4.69, 9.17) is 0 Å². The van der Waals surface area contributed by atoms with Crippen LogP contribution in [0.5, 0.6) is 0 Å². The summed E-state index contributed by atoms with van der Waals surface area (Å²) >= 11 is 0. The van der Waals surface area contributed by atoms with Crippen molar-refractivity contribution in [1.82, 2.24) is 15.1 Å². The zero-order valence-electron chi connectivity index (χ0n) is 25.4. The van der Waals surface area contributed by atoms with Crippen LogP contribution < -0.4 is 5.32 Å². The molecule has 236 valence electrons. The number of likely N-dealkylation sites (tertiary alicyclic amines) is 1. The molecule has 1 N–H and O–H groups in total. The minimum absolute atomic E-state index is 0.105. The molecule has 0 bridgehead atoms. The normalized spacial score (nSPS) is 23.4. The summed E-state index contributed by atoms with van der Waals surface area (Å²) in [5, 5.41) is 2.61. The van der Waals surface area contributed by atoms with Crippen LogP contribution in [-0.4, -0.2) is 73.5 Å². The molecule has 2 amide bonds. The maximum absolute atomic E-state index is 13.6. The number of nitrogens with one attached hydrogen (secondary N) is 1. The second kappa shape index (κ2) is 13.0. The Balaban J connectivity index is 1.52. The molecule has 4 rings (SSSR count). The van der Waals surface area contributed by atoms with E-state index >= 15 is 0 Å². The predicted molar refractivity (Wildman–Crippen MR) is 159 cm³/mol. The van der Waals surface area contributed by atoms with E-state index in [0.29, 0.717) is 25.8 Å². The minimum Gasteiger partial charge on any atom is -0.340 e. The van der Waals surface area contributed by atoms with Crippen molar-refractivity contribution in [3.63, 3.8) is 0 Å². The lowest BCUT2D eigenvalue weighted by molar-refractivity contribution is -0.137. The molecule has 7 nitrogen and oxygen atoms in total. The van der Waals surface area contributed by atoms with Crippen LogP contribution in [-0.2, 0) is 20.8 Å². The van der Waals surface area contributed by atoms with Crippen molar-refractivity contribution in [2.24, 2.45) is 5.92 Å². The molecule has 0 unspecified atom stereocenters. The van der Waals surface area contributed by atoms with E-state index in [1.54, 1.807) is 17.0 Å². The van der Waals surface area contributed by atoms with E-state index < -0.39 is 33.5 Å². The molecule has 1 heterocycles. The van der Waals surface area contributed by atoms with Gasteiger partial charge in [0.15, 0.2) is 9.84 Å². The Kier molecular flexibility index (Phi) is 9.95. The Bertz CT molecular complexity index is 1410. The highest BCUT2D eigenvalue weighted by Gasteiger charge is 2.44. The second-order valence-electron chi connectivity index (χ2n) is 12.5. The Hall–Kier alpha value is -2.92. The number of alkyl halides is 3. The molecule has 43 heavy (non-hydrogen) atoms. The van der Waals surface area contributed by atoms with Crippen LogP contribution in [0, 0.1) is 5.92 Å². The van der Waals surface area contributed by atoms with Gasteiger partial charge in [0.25, 0.3) is 5.91 Å². The Morgan fingerprint density at radius 3 is 2.33 bits per heavy atom. The zero-order valence-corrected chi connectivity index (χ0v) is 26.2. The summed E-state index contributed by atoms with van der Waals surface area (Å²) in [5.74, 6) is -1.24. The first-order chi connectivity index (χ1) is 20.1. The summed E-state index contributed by atoms with van der Waals surface area (Å²) < 4.78 is 66.7. The second-order valence-corrected chi connectivity index (χ2v) is 14.5. The lowest BCUT2D eigenvalue weighted by Crippen LogP contribution is -2.53. The van der Waals surface area contributed by atoms with Gasteiger partial charge >= 0.3 is 6.18 Å². The Morgan fingerprint density at radius 2 is 1.72 bits per heavy atom. The number of hydrogen-bond donors (Lipinski definition) is 1. The van der Waals surface area contributed by atoms with Crippen molar-refractivity contribution in [3.8, 4) is 0 Å². The van der Waals surface area contributed by atoms with Crippen LogP contribution in [0.15, 0.2) is 53.4 Å². The summed E-state index contributed by atoms with van der Waals surface area (Å²) in [6.07, 6.45) is -2.28. The van der Waals surface area contributed by atoms with E-state index in [-0.39, 0.29) is 52.1 Å². The molecule has 0 radical (unpaired) electrons. The number of amides is 2. The highest BCUT2D eigenvalue weighted by molar-refractivity contribution is 7.91. The van der Waals surface area contributed by atoms with Crippen LogP contribution in [0.2, 0.25) is 0 Å². The number of benzene rings is 2. The van der Waals surface area contributed by atoms with Gasteiger partial charge in [-0.05, 0) is 94.3 Å². The van der Waals surface area contributed by atoms with Gasteiger partial charge in [0.05, 0.1) is 16.2 Å². The number of halogens is 3. The van der Waals surface area contributed by atoms with E-state index in [2.05, 4.69) is 24.1 Å². The molecule has 2 aromatic rings. The topological polar surface area (TPSA) is 86.8 Å². The summed E-state index contributed by atoms with van der Waals surface area (Å²) in [7, 11) is -1.62. The van der Waals surface area contributed by atoms with Gasteiger partial charge in [-0.2, -0.15) is 13.2 Å². The van der Waals surface area contributed by atoms with Crippen molar-refractivity contribution in [3.05, 3.63) is 65.2 Å². The number of hydrogen-bond acceptors (Lipinski definition) is 5. The van der Waals surface area contributed by atoms with Gasteiger partial charge in [-0.15, -0.1) is 0 Å². The third-order valence-corrected chi connectivity index (χ3v) is 10.9. The SMILES string of the molecule is CC(C)c1ccc(S(=O)(=O)C[C@@H]2C[C@H](N(C)C(C)C)CC[C@@H]2N2CC[C@H](NC(=O)c3cccc(C(F)(F)F)c3)C2=O)cc1. The molecule has 0 aromatic heterocycles. The molecule has 1 saturated heterocycles. The van der Waals surface area contributed by atoms with Crippen molar-refractivity contribution in [2.45, 2.75) is 94.5 Å². The first-order valence-corrected chi connectivity index (χ1v) is 16.6. The number of sulfone groups is 1. The molecule has 4 atom stereocenters. The van der Waals surface area contributed by atoms with Gasteiger partial charge < -0.3 is 15.1 Å². The third kappa shape index (κ3) is 7.60. The van der Waals surface area contributed by atoms with Crippen LogP contribution in [0.1, 0.15) is 80.8 Å². The number of nitrogens with zero attached hydrogens (tertiary/aromatic N) is 2. The Morgan fingerprint density at radius 1 is 1.05 bits per heavy atom. The van der Waals surface area contributed by atoms with Crippen LogP contribution in [0.25, 0.3) is 0 Å². The quantitative estimate of drug-likeness (QED) is 0.399. The molecular weight excluding hydrogens is 579 g/mol. The summed E-state index contributed by atoms with van der Waals surface area (Å²) in [5.41, 5.74) is -0.0645. The highest BCUT2D eigenvalue weighted by atomic mass is 32.2. The van der Waals surface area contributed by atoms with Crippen molar-refractivity contribution in [1.29, 1.82) is 0 Å². The minimum atomic E-state index is -4.59. The van der Waals surface area contributed by atoms with Crippen molar-refractivity contribution >= 4 is 21.7 Å². The molecular formula is C32H42F3N3O4S. The summed E-state index contributed by atoms with van der Waals surface area (Å²) in [6, 6.07) is 10.3. The lowest BCUT2D eigenvalue weighted by Gasteiger charge is -2.44. The molecule has 2 aromatic carbocycles. The van der Waals surface area contributed by atoms with E-state index in [9.17, 15) is 31.2 Å². The molecule has 2 aliphatic rings. The van der Waals surface area contributed by atoms with Crippen LogP contribution >= 0.6 is 0 Å². The smallest absolute Gasteiger partial charge is 0.340 e. The van der Waals surface area contributed by atoms with Crippen LogP contribution in [0.4, 0.5) is 13.2 Å². The largest absolute Gasteiger partial charge is 0.416 e. The molecule has 1 aliphatic carbocycles.